The van der Waals surface area contributed by atoms with Gasteiger partial charge >= 0.3 is 0 Å². The number of benzene rings is 1. The van der Waals surface area contributed by atoms with Crippen LogP contribution in [0.5, 0.6) is 11.5 Å². The van der Waals surface area contributed by atoms with E-state index in [2.05, 4.69) is 52.0 Å². The molecule has 1 N–H and O–H groups in total. The molecule has 2 rings (SSSR count). The van der Waals surface area contributed by atoms with Gasteiger partial charge in [0.05, 0.1) is 24.8 Å². The van der Waals surface area contributed by atoms with Crippen LogP contribution in [0.15, 0.2) is 22.7 Å². The third-order valence-corrected chi connectivity index (χ3v) is 6.89. The number of hydrogen-bond acceptors (Lipinski definition) is 3. The molecule has 0 radical (unpaired) electrons. The van der Waals surface area contributed by atoms with E-state index in [9.17, 15) is 5.11 Å². The smallest absolute Gasteiger partial charge is 0.176 e. The van der Waals surface area contributed by atoms with Crippen molar-refractivity contribution in [1.82, 2.24) is 0 Å². The Hall–Kier alpha value is -0.270. The molecule has 0 aliphatic heterocycles. The average molecular weight is 453 g/mol. The Morgan fingerprint density at radius 3 is 2.50 bits per heavy atom. The third kappa shape index (κ3) is 2.37. The van der Waals surface area contributed by atoms with Gasteiger partial charge in [0, 0.05) is 8.99 Å². The van der Waals surface area contributed by atoms with Crippen molar-refractivity contribution in [3.05, 3.63) is 31.8 Å². The minimum atomic E-state index is -0.591. The van der Waals surface area contributed by atoms with E-state index in [0.29, 0.717) is 11.5 Å². The molecule has 0 heterocycles. The Labute approximate surface area is 141 Å². The minimum absolute atomic E-state index is 0.251. The lowest BCUT2D eigenvalue weighted by atomic mass is 9.62. The van der Waals surface area contributed by atoms with Crippen LogP contribution in [-0.2, 0) is 0 Å². The quantitative estimate of drug-likeness (QED) is 0.541. The number of aliphatic hydroxyl groups excluding tert-OH is 1. The molecule has 1 fully saturated rings. The van der Waals surface area contributed by atoms with Crippen LogP contribution >= 0.6 is 38.5 Å². The molecule has 20 heavy (non-hydrogen) atoms. The van der Waals surface area contributed by atoms with Gasteiger partial charge in [0.25, 0.3) is 0 Å². The number of methoxy groups -OCH3 is 2. The highest BCUT2D eigenvalue weighted by molar-refractivity contribution is 14.1. The highest BCUT2D eigenvalue weighted by Crippen LogP contribution is 2.55. The monoisotopic (exact) mass is 452 g/mol. The lowest BCUT2D eigenvalue weighted by Gasteiger charge is -2.45. The second-order valence-electron chi connectivity index (χ2n) is 5.25. The molecule has 0 amide bonds. The number of hydrogen-bond donors (Lipinski definition) is 1. The van der Waals surface area contributed by atoms with Crippen LogP contribution in [0.25, 0.3) is 0 Å². The molecule has 0 spiro atoms. The zero-order chi connectivity index (χ0) is 15.1. The van der Waals surface area contributed by atoms with E-state index >= 15 is 0 Å². The van der Waals surface area contributed by atoms with E-state index in [4.69, 9.17) is 9.47 Å². The lowest BCUT2D eigenvalue weighted by Crippen LogP contribution is -2.35. The fourth-order valence-corrected chi connectivity index (χ4v) is 3.80. The van der Waals surface area contributed by atoms with Crippen molar-refractivity contribution in [2.45, 2.75) is 25.9 Å². The first-order valence-electron chi connectivity index (χ1n) is 6.33. The van der Waals surface area contributed by atoms with E-state index in [0.717, 1.165) is 32.0 Å². The molecule has 3 nitrogen and oxygen atoms in total. The van der Waals surface area contributed by atoms with E-state index in [1.807, 2.05) is 6.07 Å². The summed E-state index contributed by atoms with van der Waals surface area (Å²) in [7, 11) is 3.20. The molecule has 1 aromatic rings. The Balaban J connectivity index is 2.52. The maximum Gasteiger partial charge on any atom is 0.176 e. The van der Waals surface area contributed by atoms with Crippen LogP contribution in [0.1, 0.15) is 31.4 Å². The van der Waals surface area contributed by atoms with E-state index in [1.54, 1.807) is 14.2 Å². The molecular weight excluding hydrogens is 435 g/mol. The summed E-state index contributed by atoms with van der Waals surface area (Å²) in [6, 6.07) is 1.85. The van der Waals surface area contributed by atoms with Crippen LogP contribution in [0, 0.1) is 8.99 Å². The standard InChI is InChI=1S/C15H18BrIO3/c1-8-5-6-15(8,2)14(18)9-7-10(19-3)13(20-4)11(16)12(9)17/h7,14,18H,1,5-6H2,2-4H3. The largest absolute Gasteiger partial charge is 0.493 e. The van der Waals surface area contributed by atoms with Crippen LogP contribution in [0.3, 0.4) is 0 Å². The van der Waals surface area contributed by atoms with Gasteiger partial charge in [-0.3, -0.25) is 0 Å². The Morgan fingerprint density at radius 1 is 1.45 bits per heavy atom. The highest BCUT2D eigenvalue weighted by Gasteiger charge is 2.44. The van der Waals surface area contributed by atoms with Crippen molar-refractivity contribution in [3.63, 3.8) is 0 Å². The topological polar surface area (TPSA) is 38.7 Å². The number of halogens is 2. The maximum absolute atomic E-state index is 10.8. The van der Waals surface area contributed by atoms with Gasteiger partial charge in [0.1, 0.15) is 0 Å². The highest BCUT2D eigenvalue weighted by atomic mass is 127. The number of aliphatic hydroxyl groups is 1. The van der Waals surface area contributed by atoms with Crippen molar-refractivity contribution >= 4 is 38.5 Å². The summed E-state index contributed by atoms with van der Waals surface area (Å²) in [5.74, 6) is 1.26. The summed E-state index contributed by atoms with van der Waals surface area (Å²) in [6.45, 7) is 6.12. The molecule has 1 aliphatic carbocycles. The molecule has 0 aromatic heterocycles. The first kappa shape index (κ1) is 16.1. The third-order valence-electron chi connectivity index (χ3n) is 4.23. The van der Waals surface area contributed by atoms with Gasteiger partial charge in [-0.05, 0) is 63.0 Å². The first-order valence-corrected chi connectivity index (χ1v) is 8.20. The molecule has 2 unspecified atom stereocenters. The predicted octanol–water partition coefficient (Wildman–Crippen LogP) is 4.46. The summed E-state index contributed by atoms with van der Waals surface area (Å²) < 4.78 is 12.5. The van der Waals surface area contributed by atoms with Crippen molar-refractivity contribution < 1.29 is 14.6 Å². The SMILES string of the molecule is C=C1CCC1(C)C(O)c1cc(OC)c(OC)c(Br)c1I. The van der Waals surface area contributed by atoms with Crippen molar-refractivity contribution in [3.8, 4) is 11.5 Å². The number of rotatable bonds is 4. The van der Waals surface area contributed by atoms with E-state index < -0.39 is 6.10 Å². The fourth-order valence-electron chi connectivity index (χ4n) is 2.51. The van der Waals surface area contributed by atoms with Crippen molar-refractivity contribution in [2.24, 2.45) is 5.41 Å². The Bertz CT molecular complexity index is 559. The first-order chi connectivity index (χ1) is 9.36. The van der Waals surface area contributed by atoms with Crippen LogP contribution in [0.4, 0.5) is 0 Å². The van der Waals surface area contributed by atoms with E-state index in [1.165, 1.54) is 0 Å². The van der Waals surface area contributed by atoms with Gasteiger partial charge in [-0.25, -0.2) is 0 Å². The molecule has 2 atom stereocenters. The lowest BCUT2D eigenvalue weighted by molar-refractivity contribution is 0.0254. The molecule has 1 aromatic carbocycles. The van der Waals surface area contributed by atoms with Gasteiger partial charge in [-0.15, -0.1) is 0 Å². The number of ether oxygens (including phenoxy) is 2. The van der Waals surface area contributed by atoms with Crippen LogP contribution in [-0.4, -0.2) is 19.3 Å². The van der Waals surface area contributed by atoms with Gasteiger partial charge in [0.2, 0.25) is 0 Å². The summed E-state index contributed by atoms with van der Waals surface area (Å²) in [5, 5.41) is 10.8. The van der Waals surface area contributed by atoms with Gasteiger partial charge in [-0.1, -0.05) is 19.1 Å². The zero-order valence-electron chi connectivity index (χ0n) is 11.8. The Morgan fingerprint density at radius 2 is 2.10 bits per heavy atom. The second kappa shape index (κ2) is 5.85. The Kier molecular flexibility index (Phi) is 4.71. The molecule has 1 aliphatic rings. The molecule has 0 bridgehead atoms. The minimum Gasteiger partial charge on any atom is -0.493 e. The maximum atomic E-state index is 10.8. The molecule has 110 valence electrons. The molecule has 0 saturated heterocycles. The summed E-state index contributed by atoms with van der Waals surface area (Å²) in [6.07, 6.45) is 1.35. The van der Waals surface area contributed by atoms with Gasteiger partial charge < -0.3 is 14.6 Å². The van der Waals surface area contributed by atoms with Gasteiger partial charge in [0.15, 0.2) is 11.5 Å². The van der Waals surface area contributed by atoms with Crippen molar-refractivity contribution in [1.29, 1.82) is 0 Å². The summed E-state index contributed by atoms with van der Waals surface area (Å²) in [5.41, 5.74) is 1.70. The fraction of sp³-hybridized carbons (Fsp3) is 0.467. The zero-order valence-corrected chi connectivity index (χ0v) is 15.5. The molecule has 5 heteroatoms. The summed E-state index contributed by atoms with van der Waals surface area (Å²) >= 11 is 5.74. The normalized spacial score (nSPS) is 23.2. The average Bonchev–Trinajstić information content (AvgIpc) is 2.46. The molecule has 1 saturated carbocycles. The summed E-state index contributed by atoms with van der Waals surface area (Å²) in [4.78, 5) is 0. The predicted molar refractivity (Wildman–Crippen MR) is 91.4 cm³/mol. The van der Waals surface area contributed by atoms with E-state index in [-0.39, 0.29) is 5.41 Å². The van der Waals surface area contributed by atoms with Crippen molar-refractivity contribution in [2.75, 3.05) is 14.2 Å². The second-order valence-corrected chi connectivity index (χ2v) is 7.12. The van der Waals surface area contributed by atoms with Gasteiger partial charge in [-0.2, -0.15) is 0 Å². The van der Waals surface area contributed by atoms with Crippen LogP contribution in [0.2, 0.25) is 0 Å². The molecular formula is C15H18BrIO3. The van der Waals surface area contributed by atoms with Crippen LogP contribution < -0.4 is 9.47 Å².